The molecule has 4 nitrogen and oxygen atoms in total. The summed E-state index contributed by atoms with van der Waals surface area (Å²) in [5, 5.41) is 0. The maximum absolute atomic E-state index is 11.2. The van der Waals surface area contributed by atoms with E-state index in [1.54, 1.807) is 12.1 Å². The standard InChI is InChI=1S/C15H15NO3/c1-18-15(17)12-7-8-13(16-11-12)9-10-19-14-5-3-2-4-6-14/h2-8,11H,9-10H2,1H3. The zero-order valence-electron chi connectivity index (χ0n) is 10.7. The van der Waals surface area contributed by atoms with Gasteiger partial charge in [0.1, 0.15) is 5.75 Å². The SMILES string of the molecule is COC(=O)c1ccc(CCOc2ccccc2)nc1. The van der Waals surface area contributed by atoms with Crippen LogP contribution in [0.1, 0.15) is 16.1 Å². The molecule has 0 aliphatic carbocycles. The van der Waals surface area contributed by atoms with Crippen molar-refractivity contribution in [3.05, 3.63) is 59.9 Å². The fourth-order valence-electron chi connectivity index (χ4n) is 1.60. The van der Waals surface area contributed by atoms with Crippen molar-refractivity contribution in [3.8, 4) is 5.75 Å². The first-order valence-electron chi connectivity index (χ1n) is 6.00. The van der Waals surface area contributed by atoms with Crippen molar-refractivity contribution in [2.75, 3.05) is 13.7 Å². The Morgan fingerprint density at radius 3 is 2.58 bits per heavy atom. The van der Waals surface area contributed by atoms with Crippen LogP contribution in [0.5, 0.6) is 5.75 Å². The van der Waals surface area contributed by atoms with Gasteiger partial charge in [0.2, 0.25) is 0 Å². The van der Waals surface area contributed by atoms with Gasteiger partial charge in [-0.1, -0.05) is 18.2 Å². The first-order valence-corrected chi connectivity index (χ1v) is 6.00. The molecule has 0 bridgehead atoms. The van der Waals surface area contributed by atoms with E-state index in [-0.39, 0.29) is 5.97 Å². The van der Waals surface area contributed by atoms with Crippen LogP contribution >= 0.6 is 0 Å². The molecule has 1 aromatic heterocycles. The number of carbonyl (C=O) groups is 1. The lowest BCUT2D eigenvalue weighted by Crippen LogP contribution is -2.05. The number of aromatic nitrogens is 1. The van der Waals surface area contributed by atoms with Crippen molar-refractivity contribution >= 4 is 5.97 Å². The number of hydrogen-bond acceptors (Lipinski definition) is 4. The Bertz CT molecular complexity index is 523. The van der Waals surface area contributed by atoms with Gasteiger partial charge in [0.15, 0.2) is 0 Å². The van der Waals surface area contributed by atoms with Crippen LogP contribution in [0.3, 0.4) is 0 Å². The monoisotopic (exact) mass is 257 g/mol. The van der Waals surface area contributed by atoms with E-state index >= 15 is 0 Å². The van der Waals surface area contributed by atoms with Gasteiger partial charge in [-0.3, -0.25) is 4.98 Å². The number of methoxy groups -OCH3 is 1. The highest BCUT2D eigenvalue weighted by atomic mass is 16.5. The third-order valence-corrected chi connectivity index (χ3v) is 2.62. The molecule has 0 saturated heterocycles. The minimum atomic E-state index is -0.375. The van der Waals surface area contributed by atoms with E-state index < -0.39 is 0 Å². The smallest absolute Gasteiger partial charge is 0.339 e. The lowest BCUT2D eigenvalue weighted by atomic mass is 10.2. The largest absolute Gasteiger partial charge is 0.493 e. The molecule has 2 rings (SSSR count). The third-order valence-electron chi connectivity index (χ3n) is 2.62. The molecule has 98 valence electrons. The fraction of sp³-hybridized carbons (Fsp3) is 0.200. The summed E-state index contributed by atoms with van der Waals surface area (Å²) in [6, 6.07) is 13.1. The highest BCUT2D eigenvalue weighted by Crippen LogP contribution is 2.09. The number of para-hydroxylation sites is 1. The highest BCUT2D eigenvalue weighted by Gasteiger charge is 2.05. The summed E-state index contributed by atoms with van der Waals surface area (Å²) in [4.78, 5) is 15.4. The van der Waals surface area contributed by atoms with E-state index in [0.717, 1.165) is 11.4 Å². The molecule has 0 aliphatic heterocycles. The molecule has 2 aromatic rings. The van der Waals surface area contributed by atoms with Gasteiger partial charge in [0.25, 0.3) is 0 Å². The second-order valence-electron chi connectivity index (χ2n) is 3.94. The molecule has 0 atom stereocenters. The van der Waals surface area contributed by atoms with E-state index in [1.165, 1.54) is 13.3 Å². The first kappa shape index (κ1) is 13.1. The zero-order valence-corrected chi connectivity index (χ0v) is 10.7. The van der Waals surface area contributed by atoms with Crippen LogP contribution in [0.4, 0.5) is 0 Å². The number of esters is 1. The van der Waals surface area contributed by atoms with Gasteiger partial charge in [0, 0.05) is 18.3 Å². The number of ether oxygens (including phenoxy) is 2. The van der Waals surface area contributed by atoms with Gasteiger partial charge in [-0.2, -0.15) is 0 Å². The van der Waals surface area contributed by atoms with Crippen LogP contribution in [0.25, 0.3) is 0 Å². The van der Waals surface area contributed by atoms with Crippen molar-refractivity contribution in [3.63, 3.8) is 0 Å². The molecular weight excluding hydrogens is 242 g/mol. The van der Waals surface area contributed by atoms with E-state index in [2.05, 4.69) is 9.72 Å². The molecule has 0 N–H and O–H groups in total. The van der Waals surface area contributed by atoms with E-state index in [1.807, 2.05) is 30.3 Å². The summed E-state index contributed by atoms with van der Waals surface area (Å²) in [6.07, 6.45) is 2.21. The van der Waals surface area contributed by atoms with Crippen LogP contribution in [0.2, 0.25) is 0 Å². The maximum atomic E-state index is 11.2. The average molecular weight is 257 g/mol. The van der Waals surface area contributed by atoms with Crippen molar-refractivity contribution in [2.45, 2.75) is 6.42 Å². The Morgan fingerprint density at radius 2 is 1.95 bits per heavy atom. The number of carbonyl (C=O) groups excluding carboxylic acids is 1. The quantitative estimate of drug-likeness (QED) is 0.772. The molecule has 19 heavy (non-hydrogen) atoms. The predicted octanol–water partition coefficient (Wildman–Crippen LogP) is 2.49. The molecule has 0 aliphatic rings. The predicted molar refractivity (Wildman–Crippen MR) is 71.2 cm³/mol. The average Bonchev–Trinajstić information content (AvgIpc) is 2.48. The molecule has 0 unspecified atom stereocenters. The Hall–Kier alpha value is -2.36. The van der Waals surface area contributed by atoms with Crippen molar-refractivity contribution in [2.24, 2.45) is 0 Å². The molecule has 0 radical (unpaired) electrons. The Balaban J connectivity index is 1.85. The summed E-state index contributed by atoms with van der Waals surface area (Å²) >= 11 is 0. The van der Waals surface area contributed by atoms with Crippen molar-refractivity contribution < 1.29 is 14.3 Å². The molecule has 0 spiro atoms. The second-order valence-corrected chi connectivity index (χ2v) is 3.94. The zero-order chi connectivity index (χ0) is 13.5. The topological polar surface area (TPSA) is 48.4 Å². The Labute approximate surface area is 112 Å². The highest BCUT2D eigenvalue weighted by molar-refractivity contribution is 5.88. The summed E-state index contributed by atoms with van der Waals surface area (Å²) in [5.41, 5.74) is 1.33. The Morgan fingerprint density at radius 1 is 1.16 bits per heavy atom. The number of hydrogen-bond donors (Lipinski definition) is 0. The van der Waals surface area contributed by atoms with Gasteiger partial charge in [-0.25, -0.2) is 4.79 Å². The molecular formula is C15H15NO3. The minimum Gasteiger partial charge on any atom is -0.493 e. The van der Waals surface area contributed by atoms with E-state index in [9.17, 15) is 4.79 Å². The molecule has 1 aromatic carbocycles. The van der Waals surface area contributed by atoms with Crippen LogP contribution in [-0.4, -0.2) is 24.7 Å². The molecule has 0 amide bonds. The summed E-state index contributed by atoms with van der Waals surface area (Å²) in [5.74, 6) is 0.466. The Kier molecular flexibility index (Phi) is 4.50. The number of benzene rings is 1. The van der Waals surface area contributed by atoms with Gasteiger partial charge in [-0.05, 0) is 24.3 Å². The molecule has 0 fully saturated rings. The lowest BCUT2D eigenvalue weighted by Gasteiger charge is -2.05. The molecule has 1 heterocycles. The summed E-state index contributed by atoms with van der Waals surface area (Å²) < 4.78 is 10.2. The summed E-state index contributed by atoms with van der Waals surface area (Å²) in [6.45, 7) is 0.550. The maximum Gasteiger partial charge on any atom is 0.339 e. The van der Waals surface area contributed by atoms with Crippen LogP contribution in [0.15, 0.2) is 48.7 Å². The molecule has 4 heteroatoms. The minimum absolute atomic E-state index is 0.375. The normalized spacial score (nSPS) is 9.95. The van der Waals surface area contributed by atoms with Gasteiger partial charge >= 0.3 is 5.97 Å². The number of nitrogens with zero attached hydrogens (tertiary/aromatic N) is 1. The lowest BCUT2D eigenvalue weighted by molar-refractivity contribution is 0.0600. The van der Waals surface area contributed by atoms with Crippen molar-refractivity contribution in [1.29, 1.82) is 0 Å². The molecule has 0 saturated carbocycles. The van der Waals surface area contributed by atoms with Gasteiger partial charge < -0.3 is 9.47 Å². The van der Waals surface area contributed by atoms with Crippen LogP contribution in [0, 0.1) is 0 Å². The van der Waals surface area contributed by atoms with E-state index in [0.29, 0.717) is 18.6 Å². The van der Waals surface area contributed by atoms with Crippen LogP contribution in [-0.2, 0) is 11.2 Å². The fourth-order valence-corrected chi connectivity index (χ4v) is 1.60. The number of rotatable bonds is 5. The van der Waals surface area contributed by atoms with Crippen LogP contribution < -0.4 is 4.74 Å². The third kappa shape index (κ3) is 3.81. The van der Waals surface area contributed by atoms with Crippen molar-refractivity contribution in [1.82, 2.24) is 4.98 Å². The second kappa shape index (κ2) is 6.54. The first-order chi connectivity index (χ1) is 9.29. The summed E-state index contributed by atoms with van der Waals surface area (Å²) in [7, 11) is 1.35. The number of pyridine rings is 1. The van der Waals surface area contributed by atoms with Gasteiger partial charge in [-0.15, -0.1) is 0 Å². The van der Waals surface area contributed by atoms with E-state index in [4.69, 9.17) is 4.74 Å². The van der Waals surface area contributed by atoms with Gasteiger partial charge in [0.05, 0.1) is 19.3 Å².